The number of piperazine rings is 1. The normalized spacial score (nSPS) is 15.9. The highest BCUT2D eigenvalue weighted by molar-refractivity contribution is 6.32. The monoisotopic (exact) mass is 404 g/mol. The summed E-state index contributed by atoms with van der Waals surface area (Å²) >= 11 is 6.05. The van der Waals surface area contributed by atoms with E-state index in [4.69, 9.17) is 16.3 Å². The minimum Gasteiger partial charge on any atom is -0.479 e. The van der Waals surface area contributed by atoms with Crippen molar-refractivity contribution in [3.63, 3.8) is 0 Å². The van der Waals surface area contributed by atoms with Crippen molar-refractivity contribution in [1.29, 1.82) is 0 Å². The smallest absolute Gasteiger partial charge is 0.271 e. The van der Waals surface area contributed by atoms with Crippen molar-refractivity contribution in [3.8, 4) is 5.75 Å². The number of ether oxygens (including phenoxy) is 1. The number of amides is 1. The van der Waals surface area contributed by atoms with Crippen molar-refractivity contribution in [2.24, 2.45) is 0 Å². The highest BCUT2D eigenvalue weighted by Gasteiger charge is 2.28. The van der Waals surface area contributed by atoms with Crippen molar-refractivity contribution in [2.75, 3.05) is 26.2 Å². The summed E-state index contributed by atoms with van der Waals surface area (Å²) in [7, 11) is 0. The van der Waals surface area contributed by atoms with Gasteiger partial charge >= 0.3 is 0 Å². The maximum absolute atomic E-state index is 12.7. The Hall–Kier alpha value is -2.64. The fourth-order valence-corrected chi connectivity index (χ4v) is 3.52. The number of hydrogen-bond donors (Lipinski definition) is 1. The number of benzene rings is 2. The van der Waals surface area contributed by atoms with Crippen LogP contribution in [0.15, 0.2) is 48.5 Å². The quantitative estimate of drug-likeness (QED) is 0.589. The number of carbonyl (C=O) groups is 1. The third-order valence-corrected chi connectivity index (χ3v) is 5.15. The van der Waals surface area contributed by atoms with E-state index in [0.717, 1.165) is 19.6 Å². The molecule has 2 aromatic carbocycles. The van der Waals surface area contributed by atoms with E-state index >= 15 is 0 Å². The standard InChI is InChI=1S/C20H22ClN3O4/c1-15(28-19-8-7-17(24(26)27)13-18(19)21)20(25)23-11-9-22(10-12-23)14-16-5-3-2-4-6-16/h2-8,13,15H,9-12,14H2,1H3/p+1/t15-/m1/s1. The van der Waals surface area contributed by atoms with Gasteiger partial charge in [0, 0.05) is 17.7 Å². The van der Waals surface area contributed by atoms with Gasteiger partial charge < -0.3 is 14.5 Å². The molecule has 1 atom stereocenters. The van der Waals surface area contributed by atoms with Crippen LogP contribution in [-0.4, -0.2) is 48.0 Å². The summed E-state index contributed by atoms with van der Waals surface area (Å²) in [6.45, 7) is 5.72. The molecule has 0 unspecified atom stereocenters. The summed E-state index contributed by atoms with van der Waals surface area (Å²) in [6.07, 6.45) is -0.713. The molecule has 8 heteroatoms. The minimum absolute atomic E-state index is 0.104. The van der Waals surface area contributed by atoms with E-state index in [2.05, 4.69) is 12.1 Å². The lowest BCUT2D eigenvalue weighted by Gasteiger charge is -2.33. The molecule has 1 heterocycles. The Labute approximate surface area is 168 Å². The summed E-state index contributed by atoms with van der Waals surface area (Å²) < 4.78 is 5.66. The van der Waals surface area contributed by atoms with Crippen LogP contribution in [0.5, 0.6) is 5.75 Å². The molecule has 3 rings (SSSR count). The van der Waals surface area contributed by atoms with Crippen molar-refractivity contribution >= 4 is 23.2 Å². The molecule has 1 amide bonds. The molecule has 1 aliphatic rings. The number of non-ortho nitro benzene ring substituents is 1. The molecule has 28 heavy (non-hydrogen) atoms. The number of hydrogen-bond acceptors (Lipinski definition) is 4. The fraction of sp³-hybridized carbons (Fsp3) is 0.350. The lowest BCUT2D eigenvalue weighted by Crippen LogP contribution is -3.13. The first-order chi connectivity index (χ1) is 13.4. The van der Waals surface area contributed by atoms with Crippen LogP contribution in [0.4, 0.5) is 5.69 Å². The third kappa shape index (κ3) is 4.99. The molecule has 0 bridgehead atoms. The number of nitro benzene ring substituents is 1. The number of halogens is 1. The van der Waals surface area contributed by atoms with Crippen molar-refractivity contribution in [3.05, 3.63) is 69.2 Å². The van der Waals surface area contributed by atoms with Gasteiger partial charge in [0.25, 0.3) is 11.6 Å². The molecule has 0 spiro atoms. The topological polar surface area (TPSA) is 77.1 Å². The van der Waals surface area contributed by atoms with Crippen molar-refractivity contribution < 1.29 is 19.4 Å². The zero-order valence-electron chi connectivity index (χ0n) is 15.6. The molecule has 1 N–H and O–H groups in total. The van der Waals surface area contributed by atoms with Crippen LogP contribution in [-0.2, 0) is 11.3 Å². The molecular formula is C20H23ClN3O4+. The second kappa shape index (κ2) is 9.03. The van der Waals surface area contributed by atoms with Gasteiger partial charge in [-0.1, -0.05) is 41.9 Å². The van der Waals surface area contributed by atoms with Gasteiger partial charge in [-0.2, -0.15) is 0 Å². The Balaban J connectivity index is 1.52. The lowest BCUT2D eigenvalue weighted by molar-refractivity contribution is -0.917. The molecule has 0 aliphatic carbocycles. The number of carbonyl (C=O) groups excluding carboxylic acids is 1. The summed E-state index contributed by atoms with van der Waals surface area (Å²) in [6, 6.07) is 14.3. The van der Waals surface area contributed by atoms with Gasteiger partial charge in [-0.3, -0.25) is 14.9 Å². The van der Waals surface area contributed by atoms with Crippen LogP contribution in [0, 0.1) is 10.1 Å². The highest BCUT2D eigenvalue weighted by Crippen LogP contribution is 2.29. The molecule has 0 radical (unpaired) electrons. The summed E-state index contributed by atoms with van der Waals surface area (Å²) in [4.78, 5) is 26.2. The van der Waals surface area contributed by atoms with E-state index in [-0.39, 0.29) is 22.4 Å². The van der Waals surface area contributed by atoms with Crippen LogP contribution >= 0.6 is 11.6 Å². The summed E-state index contributed by atoms with van der Waals surface area (Å²) in [5, 5.41) is 10.9. The number of nitrogens with one attached hydrogen (secondary N) is 1. The minimum atomic E-state index is -0.713. The van der Waals surface area contributed by atoms with Crippen LogP contribution in [0.3, 0.4) is 0 Å². The van der Waals surface area contributed by atoms with Gasteiger partial charge in [-0.15, -0.1) is 0 Å². The lowest BCUT2D eigenvalue weighted by atomic mass is 10.2. The van der Waals surface area contributed by atoms with E-state index in [1.165, 1.54) is 28.7 Å². The van der Waals surface area contributed by atoms with E-state index in [9.17, 15) is 14.9 Å². The number of nitro groups is 1. The van der Waals surface area contributed by atoms with Crippen LogP contribution in [0.1, 0.15) is 12.5 Å². The third-order valence-electron chi connectivity index (χ3n) is 4.86. The Bertz CT molecular complexity index is 839. The predicted molar refractivity (Wildman–Crippen MR) is 106 cm³/mol. The number of quaternary nitrogens is 1. The molecular weight excluding hydrogens is 382 g/mol. The molecule has 148 valence electrons. The first kappa shape index (κ1) is 20.1. The van der Waals surface area contributed by atoms with E-state index < -0.39 is 11.0 Å². The Kier molecular flexibility index (Phi) is 6.49. The van der Waals surface area contributed by atoms with Gasteiger partial charge in [0.2, 0.25) is 0 Å². The van der Waals surface area contributed by atoms with Gasteiger partial charge in [-0.05, 0) is 13.0 Å². The van der Waals surface area contributed by atoms with Crippen LogP contribution in [0.2, 0.25) is 5.02 Å². The van der Waals surface area contributed by atoms with Crippen LogP contribution in [0.25, 0.3) is 0 Å². The zero-order valence-corrected chi connectivity index (χ0v) is 16.4. The molecule has 1 fully saturated rings. The second-order valence-electron chi connectivity index (χ2n) is 6.87. The molecule has 0 aromatic heterocycles. The number of rotatable bonds is 6. The van der Waals surface area contributed by atoms with E-state index in [1.54, 1.807) is 11.8 Å². The van der Waals surface area contributed by atoms with E-state index in [0.29, 0.717) is 13.1 Å². The Morgan fingerprint density at radius 2 is 1.93 bits per heavy atom. The maximum Gasteiger partial charge on any atom is 0.271 e. The summed E-state index contributed by atoms with van der Waals surface area (Å²) in [5.74, 6) is 0.162. The second-order valence-corrected chi connectivity index (χ2v) is 7.28. The molecule has 2 aromatic rings. The van der Waals surface area contributed by atoms with Gasteiger partial charge in [0.05, 0.1) is 36.1 Å². The Morgan fingerprint density at radius 3 is 2.54 bits per heavy atom. The van der Waals surface area contributed by atoms with Gasteiger partial charge in [0.15, 0.2) is 6.10 Å². The first-order valence-electron chi connectivity index (χ1n) is 9.21. The molecule has 0 saturated carbocycles. The average Bonchev–Trinajstić information content (AvgIpc) is 2.70. The summed E-state index contributed by atoms with van der Waals surface area (Å²) in [5.41, 5.74) is 1.18. The fourth-order valence-electron chi connectivity index (χ4n) is 3.30. The average molecular weight is 405 g/mol. The first-order valence-corrected chi connectivity index (χ1v) is 9.58. The van der Waals surface area contributed by atoms with Gasteiger partial charge in [0.1, 0.15) is 12.3 Å². The number of nitrogens with zero attached hydrogens (tertiary/aromatic N) is 2. The van der Waals surface area contributed by atoms with Crippen molar-refractivity contribution in [2.45, 2.75) is 19.6 Å². The molecule has 7 nitrogen and oxygen atoms in total. The maximum atomic E-state index is 12.7. The Morgan fingerprint density at radius 1 is 1.25 bits per heavy atom. The van der Waals surface area contributed by atoms with Gasteiger partial charge in [-0.25, -0.2) is 0 Å². The van der Waals surface area contributed by atoms with E-state index in [1.807, 2.05) is 18.2 Å². The SMILES string of the molecule is C[C@@H](Oc1ccc([N+](=O)[O-])cc1Cl)C(=O)N1CC[NH+](Cc2ccccc2)CC1. The molecule has 1 aliphatic heterocycles. The van der Waals surface area contributed by atoms with Crippen LogP contribution < -0.4 is 9.64 Å². The van der Waals surface area contributed by atoms with Crippen molar-refractivity contribution in [1.82, 2.24) is 4.90 Å². The molecule has 1 saturated heterocycles. The largest absolute Gasteiger partial charge is 0.479 e. The zero-order chi connectivity index (χ0) is 20.1. The highest BCUT2D eigenvalue weighted by atomic mass is 35.5. The predicted octanol–water partition coefficient (Wildman–Crippen LogP) is 1.94.